The van der Waals surface area contributed by atoms with Gasteiger partial charge in [-0.1, -0.05) is 12.1 Å². The lowest BCUT2D eigenvalue weighted by Gasteiger charge is -2.22. The molecule has 0 radical (unpaired) electrons. The number of ketones is 1. The van der Waals surface area contributed by atoms with E-state index in [1.54, 1.807) is 19.1 Å². The number of carbonyl (C=O) groups excluding carboxylic acids is 1. The quantitative estimate of drug-likeness (QED) is 0.871. The molecule has 1 aliphatic carbocycles. The van der Waals surface area contributed by atoms with Crippen molar-refractivity contribution in [2.24, 2.45) is 11.7 Å². The minimum atomic E-state index is -0.838. The van der Waals surface area contributed by atoms with Gasteiger partial charge < -0.3 is 10.5 Å². The Bertz CT molecular complexity index is 467. The molecule has 4 heteroatoms. The fourth-order valence-corrected chi connectivity index (χ4v) is 2.12. The van der Waals surface area contributed by atoms with Gasteiger partial charge in [-0.15, -0.1) is 0 Å². The van der Waals surface area contributed by atoms with Crippen molar-refractivity contribution in [1.82, 2.24) is 0 Å². The number of nitrogens with two attached hydrogens (primary N) is 1. The molecule has 0 saturated heterocycles. The summed E-state index contributed by atoms with van der Waals surface area (Å²) < 4.78 is 18.8. The summed E-state index contributed by atoms with van der Waals surface area (Å²) in [5.41, 5.74) is 5.54. The van der Waals surface area contributed by atoms with Crippen LogP contribution >= 0.6 is 0 Å². The largest absolute Gasteiger partial charge is 0.494 e. The van der Waals surface area contributed by atoms with E-state index in [1.165, 1.54) is 13.2 Å². The average Bonchev–Trinajstić information content (AvgIpc) is 3.16. The van der Waals surface area contributed by atoms with Gasteiger partial charge in [0, 0.05) is 6.42 Å². The fourth-order valence-electron chi connectivity index (χ4n) is 2.12. The first-order valence-corrected chi connectivity index (χ1v) is 6.10. The van der Waals surface area contributed by atoms with Crippen molar-refractivity contribution in [3.8, 4) is 5.75 Å². The van der Waals surface area contributed by atoms with Gasteiger partial charge in [0.25, 0.3) is 0 Å². The molecule has 0 amide bonds. The predicted molar refractivity (Wildman–Crippen MR) is 67.0 cm³/mol. The molecule has 1 aromatic rings. The Morgan fingerprint density at radius 1 is 1.56 bits per heavy atom. The highest BCUT2D eigenvalue weighted by atomic mass is 19.1. The van der Waals surface area contributed by atoms with Gasteiger partial charge in [0.1, 0.15) is 0 Å². The first kappa shape index (κ1) is 13.0. The maximum Gasteiger partial charge on any atom is 0.168 e. The maximum atomic E-state index is 13.9. The molecular weight excluding hydrogens is 233 g/mol. The molecule has 1 saturated carbocycles. The first-order valence-electron chi connectivity index (χ1n) is 6.10. The lowest BCUT2D eigenvalue weighted by Crippen LogP contribution is -2.48. The summed E-state index contributed by atoms with van der Waals surface area (Å²) in [6, 6.07) is 4.81. The van der Waals surface area contributed by atoms with Crippen LogP contribution < -0.4 is 10.5 Å². The first-order chi connectivity index (χ1) is 8.46. The highest BCUT2D eigenvalue weighted by Gasteiger charge is 2.43. The standard InChI is InChI=1S/C14H18FNO2/c1-14(16,10-6-7-10)12(17)8-9-4-3-5-11(18-2)13(9)15/h3-5,10H,6-8,16H2,1-2H3. The molecule has 1 fully saturated rings. The lowest BCUT2D eigenvalue weighted by molar-refractivity contribution is -0.123. The summed E-state index contributed by atoms with van der Waals surface area (Å²) in [6.07, 6.45) is 1.99. The summed E-state index contributed by atoms with van der Waals surface area (Å²) in [6.45, 7) is 1.74. The molecule has 2 rings (SSSR count). The zero-order valence-corrected chi connectivity index (χ0v) is 10.7. The molecule has 0 aromatic heterocycles. The van der Waals surface area contributed by atoms with E-state index in [4.69, 9.17) is 10.5 Å². The highest BCUT2D eigenvalue weighted by Crippen LogP contribution is 2.39. The molecule has 3 nitrogen and oxygen atoms in total. The van der Waals surface area contributed by atoms with Crippen LogP contribution in [0.15, 0.2) is 18.2 Å². The molecule has 0 bridgehead atoms. The number of Topliss-reactive ketones (excluding diaryl/α,β-unsaturated/α-hetero) is 1. The molecule has 0 aliphatic heterocycles. The van der Waals surface area contributed by atoms with Gasteiger partial charge in [-0.2, -0.15) is 0 Å². The van der Waals surface area contributed by atoms with Crippen LogP contribution in [0.5, 0.6) is 5.75 Å². The van der Waals surface area contributed by atoms with Crippen LogP contribution in [0.2, 0.25) is 0 Å². The summed E-state index contributed by atoms with van der Waals surface area (Å²) in [5.74, 6) is -0.179. The molecule has 2 N–H and O–H groups in total. The summed E-state index contributed by atoms with van der Waals surface area (Å²) >= 11 is 0. The number of ether oxygens (including phenoxy) is 1. The molecular formula is C14H18FNO2. The van der Waals surface area contributed by atoms with Crippen molar-refractivity contribution in [2.75, 3.05) is 7.11 Å². The topological polar surface area (TPSA) is 52.3 Å². The normalized spacial score (nSPS) is 18.2. The Morgan fingerprint density at radius 2 is 2.22 bits per heavy atom. The number of carbonyl (C=O) groups is 1. The summed E-state index contributed by atoms with van der Waals surface area (Å²) in [7, 11) is 1.40. The van der Waals surface area contributed by atoms with E-state index in [2.05, 4.69) is 0 Å². The van der Waals surface area contributed by atoms with Gasteiger partial charge in [0.05, 0.1) is 12.6 Å². The third-order valence-corrected chi connectivity index (χ3v) is 3.64. The number of benzene rings is 1. The van der Waals surface area contributed by atoms with Gasteiger partial charge in [0.15, 0.2) is 17.3 Å². The molecule has 18 heavy (non-hydrogen) atoms. The SMILES string of the molecule is COc1cccc(CC(=O)C(C)(N)C2CC2)c1F. The van der Waals surface area contributed by atoms with E-state index in [9.17, 15) is 9.18 Å². The Labute approximate surface area is 106 Å². The van der Waals surface area contributed by atoms with Crippen molar-refractivity contribution in [3.63, 3.8) is 0 Å². The van der Waals surface area contributed by atoms with Gasteiger partial charge in [-0.25, -0.2) is 4.39 Å². The van der Waals surface area contributed by atoms with Crippen LogP contribution in [-0.2, 0) is 11.2 Å². The van der Waals surface area contributed by atoms with Crippen molar-refractivity contribution < 1.29 is 13.9 Å². The number of hydrogen-bond donors (Lipinski definition) is 1. The van der Waals surface area contributed by atoms with Crippen LogP contribution in [0.3, 0.4) is 0 Å². The Balaban J connectivity index is 2.16. The lowest BCUT2D eigenvalue weighted by atomic mass is 9.88. The number of methoxy groups -OCH3 is 1. The zero-order chi connectivity index (χ0) is 13.3. The maximum absolute atomic E-state index is 13.9. The van der Waals surface area contributed by atoms with Crippen molar-refractivity contribution in [2.45, 2.75) is 31.7 Å². The van der Waals surface area contributed by atoms with Gasteiger partial charge in [-0.3, -0.25) is 4.79 Å². The Kier molecular flexibility index (Phi) is 3.39. The monoisotopic (exact) mass is 251 g/mol. The van der Waals surface area contributed by atoms with Crippen molar-refractivity contribution in [3.05, 3.63) is 29.6 Å². The summed E-state index contributed by atoms with van der Waals surface area (Å²) in [4.78, 5) is 12.1. The van der Waals surface area contributed by atoms with Crippen LogP contribution in [0, 0.1) is 11.7 Å². The van der Waals surface area contributed by atoms with Crippen LogP contribution in [0.4, 0.5) is 4.39 Å². The van der Waals surface area contributed by atoms with E-state index < -0.39 is 11.4 Å². The number of rotatable bonds is 5. The van der Waals surface area contributed by atoms with Gasteiger partial charge >= 0.3 is 0 Å². The van der Waals surface area contributed by atoms with E-state index in [1.807, 2.05) is 0 Å². The summed E-state index contributed by atoms with van der Waals surface area (Å²) in [5, 5.41) is 0. The Hall–Kier alpha value is -1.42. The van der Waals surface area contributed by atoms with Crippen molar-refractivity contribution in [1.29, 1.82) is 0 Å². The van der Waals surface area contributed by atoms with Crippen LogP contribution in [0.1, 0.15) is 25.3 Å². The molecule has 1 atom stereocenters. The fraction of sp³-hybridized carbons (Fsp3) is 0.500. The average molecular weight is 251 g/mol. The molecule has 0 heterocycles. The molecule has 1 aliphatic rings. The van der Waals surface area contributed by atoms with Crippen LogP contribution in [-0.4, -0.2) is 18.4 Å². The third kappa shape index (κ3) is 2.38. The minimum absolute atomic E-state index is 0.0204. The van der Waals surface area contributed by atoms with E-state index in [0.717, 1.165) is 12.8 Å². The minimum Gasteiger partial charge on any atom is -0.494 e. The number of hydrogen-bond acceptors (Lipinski definition) is 3. The zero-order valence-electron chi connectivity index (χ0n) is 10.7. The van der Waals surface area contributed by atoms with E-state index in [0.29, 0.717) is 5.56 Å². The third-order valence-electron chi connectivity index (χ3n) is 3.64. The van der Waals surface area contributed by atoms with Crippen LogP contribution in [0.25, 0.3) is 0 Å². The number of halogens is 1. The predicted octanol–water partition coefficient (Wildman–Crippen LogP) is 2.07. The second-order valence-electron chi connectivity index (χ2n) is 5.09. The molecule has 1 unspecified atom stereocenters. The van der Waals surface area contributed by atoms with E-state index in [-0.39, 0.29) is 23.9 Å². The molecule has 0 spiro atoms. The second kappa shape index (κ2) is 4.69. The Morgan fingerprint density at radius 3 is 2.78 bits per heavy atom. The van der Waals surface area contributed by atoms with Crippen molar-refractivity contribution >= 4 is 5.78 Å². The molecule has 1 aromatic carbocycles. The van der Waals surface area contributed by atoms with E-state index >= 15 is 0 Å². The molecule has 98 valence electrons. The smallest absolute Gasteiger partial charge is 0.168 e. The second-order valence-corrected chi connectivity index (χ2v) is 5.09. The van der Waals surface area contributed by atoms with Gasteiger partial charge in [0.2, 0.25) is 0 Å². The van der Waals surface area contributed by atoms with Gasteiger partial charge in [-0.05, 0) is 37.3 Å². The highest BCUT2D eigenvalue weighted by molar-refractivity contribution is 5.90.